The van der Waals surface area contributed by atoms with Crippen LogP contribution in [0.5, 0.6) is 0 Å². The van der Waals surface area contributed by atoms with E-state index in [1.807, 2.05) is 0 Å². The minimum atomic E-state index is -3.31. The molecule has 0 amide bonds. The van der Waals surface area contributed by atoms with Crippen LogP contribution in [0, 0.1) is 0 Å². The molecule has 1 saturated carbocycles. The number of hydrogen-bond acceptors (Lipinski definition) is 4. The van der Waals surface area contributed by atoms with Crippen molar-refractivity contribution in [2.75, 3.05) is 13.2 Å². The van der Waals surface area contributed by atoms with Crippen LogP contribution in [0.4, 0.5) is 0 Å². The monoisotopic (exact) mass is 245 g/mol. The summed E-state index contributed by atoms with van der Waals surface area (Å²) in [5, 5.41) is -0.269. The molecule has 0 unspecified atom stereocenters. The summed E-state index contributed by atoms with van der Waals surface area (Å²) in [6, 6.07) is 0. The molecule has 15 heavy (non-hydrogen) atoms. The third kappa shape index (κ3) is 5.65. The first-order valence-electron chi connectivity index (χ1n) is 5.25. The molecule has 4 nitrogen and oxygen atoms in total. The first-order chi connectivity index (χ1) is 6.67. The second-order valence-electron chi connectivity index (χ2n) is 3.72. The van der Waals surface area contributed by atoms with Gasteiger partial charge in [-0.15, -0.1) is 0 Å². The first kappa shape index (κ1) is 15.9. The molecule has 1 aliphatic rings. The summed E-state index contributed by atoms with van der Waals surface area (Å²) in [6.07, 6.45) is 5.27. The average Bonchev–Trinajstić information content (AvgIpc) is 2.19. The van der Waals surface area contributed by atoms with E-state index >= 15 is 0 Å². The van der Waals surface area contributed by atoms with E-state index in [-0.39, 0.29) is 41.4 Å². The molecule has 0 heterocycles. The van der Waals surface area contributed by atoms with Crippen LogP contribution in [0.25, 0.3) is 0 Å². The molecule has 0 spiro atoms. The molecule has 6 heteroatoms. The summed E-state index contributed by atoms with van der Waals surface area (Å²) in [7, 11) is -3.31. The van der Waals surface area contributed by atoms with Crippen molar-refractivity contribution in [3.63, 3.8) is 0 Å². The standard InChI is InChI=1S/C9H19NO3S.Na.H/c10-7-4-8-13-14(11,12)9-5-2-1-3-6-9;;/h9H,1-8,10H2;;. The Morgan fingerprint density at radius 2 is 1.80 bits per heavy atom. The van der Waals surface area contributed by atoms with E-state index in [4.69, 9.17) is 9.92 Å². The van der Waals surface area contributed by atoms with Crippen LogP contribution in [-0.4, -0.2) is 56.4 Å². The summed E-state index contributed by atoms with van der Waals surface area (Å²) in [5.41, 5.74) is 5.26. The van der Waals surface area contributed by atoms with Crippen molar-refractivity contribution in [1.29, 1.82) is 0 Å². The van der Waals surface area contributed by atoms with E-state index in [1.165, 1.54) is 0 Å². The van der Waals surface area contributed by atoms with Crippen molar-refractivity contribution in [1.82, 2.24) is 0 Å². The van der Waals surface area contributed by atoms with E-state index < -0.39 is 10.1 Å². The maximum atomic E-state index is 11.6. The molecule has 0 aromatic heterocycles. The van der Waals surface area contributed by atoms with Gasteiger partial charge in [0.15, 0.2) is 0 Å². The van der Waals surface area contributed by atoms with Crippen LogP contribution in [0.3, 0.4) is 0 Å². The van der Waals surface area contributed by atoms with Gasteiger partial charge in [0.05, 0.1) is 11.9 Å². The zero-order valence-corrected chi connectivity index (χ0v) is 9.26. The van der Waals surface area contributed by atoms with Crippen LogP contribution in [-0.2, 0) is 14.3 Å². The molecule has 0 radical (unpaired) electrons. The molecular weight excluding hydrogens is 225 g/mol. The van der Waals surface area contributed by atoms with Crippen LogP contribution >= 0.6 is 0 Å². The third-order valence-corrected chi connectivity index (χ3v) is 4.34. The molecule has 2 N–H and O–H groups in total. The molecule has 1 fully saturated rings. The fourth-order valence-corrected chi connectivity index (χ4v) is 3.16. The van der Waals surface area contributed by atoms with Gasteiger partial charge in [0.1, 0.15) is 0 Å². The Morgan fingerprint density at radius 3 is 2.33 bits per heavy atom. The molecule has 0 aromatic carbocycles. The number of hydrogen-bond donors (Lipinski definition) is 1. The van der Waals surface area contributed by atoms with Gasteiger partial charge in [-0.3, -0.25) is 4.18 Å². The molecule has 0 atom stereocenters. The zero-order valence-electron chi connectivity index (χ0n) is 8.44. The average molecular weight is 245 g/mol. The molecule has 0 aliphatic heterocycles. The molecule has 0 bridgehead atoms. The summed E-state index contributed by atoms with van der Waals surface area (Å²) in [4.78, 5) is 0. The maximum absolute atomic E-state index is 11.6. The topological polar surface area (TPSA) is 69.4 Å². The van der Waals surface area contributed by atoms with Crippen LogP contribution in [0.1, 0.15) is 38.5 Å². The van der Waals surface area contributed by atoms with Gasteiger partial charge in [-0.25, -0.2) is 0 Å². The molecular formula is C9H20NNaO3S. The van der Waals surface area contributed by atoms with Crippen molar-refractivity contribution in [2.45, 2.75) is 43.8 Å². The fourth-order valence-electron chi connectivity index (χ4n) is 1.71. The second kappa shape index (κ2) is 8.03. The molecule has 1 aliphatic carbocycles. The Balaban J connectivity index is 0.00000196. The van der Waals surface area contributed by atoms with E-state index in [0.29, 0.717) is 13.0 Å². The van der Waals surface area contributed by atoms with Crippen LogP contribution in [0.15, 0.2) is 0 Å². The minimum absolute atomic E-state index is 0. The SMILES string of the molecule is NCCCOS(=O)(=O)C1CCCCC1.[NaH]. The van der Waals surface area contributed by atoms with Crippen molar-refractivity contribution >= 4 is 39.7 Å². The normalized spacial score (nSPS) is 18.5. The van der Waals surface area contributed by atoms with E-state index in [2.05, 4.69) is 0 Å². The van der Waals surface area contributed by atoms with Crippen molar-refractivity contribution in [3.8, 4) is 0 Å². The summed E-state index contributed by atoms with van der Waals surface area (Å²) < 4.78 is 28.1. The first-order valence-corrected chi connectivity index (χ1v) is 6.72. The van der Waals surface area contributed by atoms with Gasteiger partial charge in [-0.05, 0) is 25.8 Å². The summed E-state index contributed by atoms with van der Waals surface area (Å²) in [6.45, 7) is 0.704. The molecule has 0 aromatic rings. The fraction of sp³-hybridized carbons (Fsp3) is 1.00. The van der Waals surface area contributed by atoms with Crippen LogP contribution in [0.2, 0.25) is 0 Å². The van der Waals surface area contributed by atoms with Crippen LogP contribution < -0.4 is 5.73 Å². The predicted octanol–water partition coefficient (Wildman–Crippen LogP) is 0.366. The van der Waals surface area contributed by atoms with Crippen molar-refractivity contribution < 1.29 is 12.6 Å². The van der Waals surface area contributed by atoms with Gasteiger partial charge in [0.25, 0.3) is 10.1 Å². The van der Waals surface area contributed by atoms with Gasteiger partial charge in [0, 0.05) is 0 Å². The quantitative estimate of drug-likeness (QED) is 0.431. The number of rotatable bonds is 5. The van der Waals surface area contributed by atoms with E-state index in [1.54, 1.807) is 0 Å². The van der Waals surface area contributed by atoms with Crippen molar-refractivity contribution in [3.05, 3.63) is 0 Å². The van der Waals surface area contributed by atoms with Gasteiger partial charge in [-0.1, -0.05) is 19.3 Å². The van der Waals surface area contributed by atoms with Crippen molar-refractivity contribution in [2.24, 2.45) is 5.73 Å². The number of nitrogens with two attached hydrogens (primary N) is 1. The van der Waals surface area contributed by atoms with Gasteiger partial charge in [-0.2, -0.15) is 8.42 Å². The zero-order chi connectivity index (χ0) is 10.4. The summed E-state index contributed by atoms with van der Waals surface area (Å²) >= 11 is 0. The molecule has 0 saturated heterocycles. The Morgan fingerprint density at radius 1 is 1.20 bits per heavy atom. The third-order valence-electron chi connectivity index (χ3n) is 2.56. The second-order valence-corrected chi connectivity index (χ2v) is 5.60. The molecule has 1 rings (SSSR count). The Labute approximate surface area is 114 Å². The molecule has 86 valence electrons. The van der Waals surface area contributed by atoms with Gasteiger partial charge >= 0.3 is 29.6 Å². The predicted molar refractivity (Wildman–Crippen MR) is 62.6 cm³/mol. The Hall–Kier alpha value is 0.870. The van der Waals surface area contributed by atoms with E-state index in [0.717, 1.165) is 32.1 Å². The van der Waals surface area contributed by atoms with Gasteiger partial charge in [0.2, 0.25) is 0 Å². The van der Waals surface area contributed by atoms with Gasteiger partial charge < -0.3 is 5.73 Å². The Bertz CT molecular complexity index is 250. The Kier molecular flexibility index (Phi) is 8.50. The van der Waals surface area contributed by atoms with E-state index in [9.17, 15) is 8.42 Å². The summed E-state index contributed by atoms with van der Waals surface area (Å²) in [5.74, 6) is 0.